The summed E-state index contributed by atoms with van der Waals surface area (Å²) >= 11 is 0. The second-order valence-corrected chi connectivity index (χ2v) is 6.43. The molecule has 0 spiro atoms. The van der Waals surface area contributed by atoms with E-state index in [1.807, 2.05) is 13.0 Å². The first-order chi connectivity index (χ1) is 11.0. The first-order valence-electron chi connectivity index (χ1n) is 8.22. The molecule has 23 heavy (non-hydrogen) atoms. The number of amides is 1. The third-order valence-electron chi connectivity index (χ3n) is 4.67. The number of benzene rings is 1. The summed E-state index contributed by atoms with van der Waals surface area (Å²) in [5.74, 6) is -0.434. The van der Waals surface area contributed by atoms with Crippen molar-refractivity contribution in [1.29, 1.82) is 0 Å². The molecule has 0 aromatic heterocycles. The van der Waals surface area contributed by atoms with E-state index in [-0.39, 0.29) is 18.5 Å². The zero-order valence-corrected chi connectivity index (χ0v) is 13.9. The molecule has 1 aliphatic heterocycles. The van der Waals surface area contributed by atoms with Crippen LogP contribution in [0.2, 0.25) is 0 Å². The standard InChI is InChI=1S/C18H26N2O3/c1-14(18(23)19(2)13-17(21)22)20-10-8-16(9-11-20)12-15-6-4-3-5-7-15/h3-7,14,16H,8-13H2,1-2H3,(H,21,22). The molecule has 1 atom stereocenters. The summed E-state index contributed by atoms with van der Waals surface area (Å²) in [5.41, 5.74) is 1.37. The van der Waals surface area contributed by atoms with Crippen LogP contribution in [0.5, 0.6) is 0 Å². The van der Waals surface area contributed by atoms with Gasteiger partial charge in [0.05, 0.1) is 6.04 Å². The Morgan fingerprint density at radius 3 is 2.43 bits per heavy atom. The van der Waals surface area contributed by atoms with Gasteiger partial charge in [-0.2, -0.15) is 0 Å². The fourth-order valence-electron chi connectivity index (χ4n) is 3.25. The fraction of sp³-hybridized carbons (Fsp3) is 0.556. The predicted octanol–water partition coefficient (Wildman–Crippen LogP) is 1.87. The van der Waals surface area contributed by atoms with Crippen LogP contribution in [0.25, 0.3) is 0 Å². The quantitative estimate of drug-likeness (QED) is 0.870. The number of hydrogen-bond donors (Lipinski definition) is 1. The molecular weight excluding hydrogens is 292 g/mol. The minimum Gasteiger partial charge on any atom is -0.480 e. The number of carbonyl (C=O) groups is 2. The van der Waals surface area contributed by atoms with Crippen molar-refractivity contribution in [2.24, 2.45) is 5.92 Å². The largest absolute Gasteiger partial charge is 0.480 e. The molecule has 1 aliphatic rings. The smallest absolute Gasteiger partial charge is 0.323 e. The maximum absolute atomic E-state index is 12.3. The highest BCUT2D eigenvalue weighted by molar-refractivity contribution is 5.84. The fourth-order valence-corrected chi connectivity index (χ4v) is 3.25. The van der Waals surface area contributed by atoms with Crippen LogP contribution in [0, 0.1) is 5.92 Å². The number of aliphatic carboxylic acids is 1. The van der Waals surface area contributed by atoms with E-state index in [0.717, 1.165) is 32.4 Å². The number of piperidine rings is 1. The normalized spacial score (nSPS) is 17.7. The Morgan fingerprint density at radius 1 is 1.26 bits per heavy atom. The van der Waals surface area contributed by atoms with Crippen LogP contribution < -0.4 is 0 Å². The SMILES string of the molecule is CC(C(=O)N(C)CC(=O)O)N1CCC(Cc2ccccc2)CC1. The van der Waals surface area contributed by atoms with Gasteiger partial charge < -0.3 is 10.0 Å². The van der Waals surface area contributed by atoms with Crippen molar-refractivity contribution in [2.45, 2.75) is 32.2 Å². The molecule has 0 saturated carbocycles. The third kappa shape index (κ3) is 5.06. The van der Waals surface area contributed by atoms with Gasteiger partial charge in [-0.15, -0.1) is 0 Å². The van der Waals surface area contributed by atoms with E-state index in [1.54, 1.807) is 7.05 Å². The summed E-state index contributed by atoms with van der Waals surface area (Å²) in [7, 11) is 1.55. The zero-order chi connectivity index (χ0) is 16.8. The molecule has 0 aliphatic carbocycles. The van der Waals surface area contributed by atoms with Crippen molar-refractivity contribution < 1.29 is 14.7 Å². The van der Waals surface area contributed by atoms with Gasteiger partial charge in [-0.3, -0.25) is 14.5 Å². The van der Waals surface area contributed by atoms with Crippen molar-refractivity contribution in [2.75, 3.05) is 26.7 Å². The highest BCUT2D eigenvalue weighted by atomic mass is 16.4. The highest BCUT2D eigenvalue weighted by Crippen LogP contribution is 2.23. The van der Waals surface area contributed by atoms with Gasteiger partial charge in [-0.05, 0) is 50.8 Å². The van der Waals surface area contributed by atoms with E-state index < -0.39 is 5.97 Å². The molecule has 1 N–H and O–H groups in total. The van der Waals surface area contributed by atoms with Crippen molar-refractivity contribution >= 4 is 11.9 Å². The van der Waals surface area contributed by atoms with Crippen LogP contribution in [-0.2, 0) is 16.0 Å². The topological polar surface area (TPSA) is 60.9 Å². The van der Waals surface area contributed by atoms with Gasteiger partial charge in [-0.1, -0.05) is 30.3 Å². The monoisotopic (exact) mass is 318 g/mol. The van der Waals surface area contributed by atoms with Gasteiger partial charge in [-0.25, -0.2) is 0 Å². The molecule has 1 aromatic rings. The van der Waals surface area contributed by atoms with E-state index >= 15 is 0 Å². The maximum Gasteiger partial charge on any atom is 0.323 e. The number of hydrogen-bond acceptors (Lipinski definition) is 3. The van der Waals surface area contributed by atoms with Crippen LogP contribution >= 0.6 is 0 Å². The lowest BCUT2D eigenvalue weighted by Crippen LogP contribution is -2.49. The Labute approximate surface area is 137 Å². The summed E-state index contributed by atoms with van der Waals surface area (Å²) in [5, 5.41) is 8.79. The molecular formula is C18H26N2O3. The lowest BCUT2D eigenvalue weighted by Gasteiger charge is -2.36. The van der Waals surface area contributed by atoms with E-state index in [9.17, 15) is 9.59 Å². The number of carboxylic acid groups (broad SMARTS) is 1. The van der Waals surface area contributed by atoms with Gasteiger partial charge in [0.1, 0.15) is 6.54 Å². The van der Waals surface area contributed by atoms with Crippen LogP contribution in [0.3, 0.4) is 0 Å². The maximum atomic E-state index is 12.3. The lowest BCUT2D eigenvalue weighted by molar-refractivity contribution is -0.145. The molecule has 0 bridgehead atoms. The Balaban J connectivity index is 1.81. The van der Waals surface area contributed by atoms with E-state index in [4.69, 9.17) is 5.11 Å². The van der Waals surface area contributed by atoms with E-state index in [1.165, 1.54) is 10.5 Å². The second-order valence-electron chi connectivity index (χ2n) is 6.43. The number of rotatable bonds is 6. The number of carbonyl (C=O) groups excluding carboxylic acids is 1. The number of likely N-dealkylation sites (N-methyl/N-ethyl adjacent to an activating group) is 1. The molecule has 1 unspecified atom stereocenters. The van der Waals surface area contributed by atoms with Gasteiger partial charge >= 0.3 is 5.97 Å². The average molecular weight is 318 g/mol. The molecule has 126 valence electrons. The number of likely N-dealkylation sites (tertiary alicyclic amines) is 1. The Hall–Kier alpha value is -1.88. The van der Waals surface area contributed by atoms with Gasteiger partial charge in [0, 0.05) is 7.05 Å². The van der Waals surface area contributed by atoms with Crippen LogP contribution in [0.4, 0.5) is 0 Å². The summed E-state index contributed by atoms with van der Waals surface area (Å²) in [6.45, 7) is 3.42. The summed E-state index contributed by atoms with van der Waals surface area (Å²) < 4.78 is 0. The molecule has 1 amide bonds. The first kappa shape index (κ1) is 17.5. The molecule has 1 saturated heterocycles. The van der Waals surface area contributed by atoms with Gasteiger partial charge in [0.2, 0.25) is 5.91 Å². The molecule has 1 fully saturated rings. The molecule has 5 heteroatoms. The van der Waals surface area contributed by atoms with Gasteiger partial charge in [0.25, 0.3) is 0 Å². The highest BCUT2D eigenvalue weighted by Gasteiger charge is 2.28. The van der Waals surface area contributed by atoms with E-state index in [0.29, 0.717) is 5.92 Å². The number of carboxylic acids is 1. The molecule has 1 heterocycles. The minimum absolute atomic E-state index is 0.117. The van der Waals surface area contributed by atoms with Crippen LogP contribution in [0.1, 0.15) is 25.3 Å². The van der Waals surface area contributed by atoms with E-state index in [2.05, 4.69) is 29.2 Å². The second kappa shape index (κ2) is 8.11. The van der Waals surface area contributed by atoms with Crippen molar-refractivity contribution in [3.63, 3.8) is 0 Å². The number of nitrogens with zero attached hydrogens (tertiary/aromatic N) is 2. The first-order valence-corrected chi connectivity index (χ1v) is 8.22. The van der Waals surface area contributed by atoms with Crippen LogP contribution in [-0.4, -0.2) is 59.5 Å². The predicted molar refractivity (Wildman–Crippen MR) is 89.2 cm³/mol. The average Bonchev–Trinajstić information content (AvgIpc) is 2.54. The molecule has 5 nitrogen and oxygen atoms in total. The lowest BCUT2D eigenvalue weighted by atomic mass is 9.89. The third-order valence-corrected chi connectivity index (χ3v) is 4.67. The Kier molecular flexibility index (Phi) is 6.16. The van der Waals surface area contributed by atoms with Gasteiger partial charge in [0.15, 0.2) is 0 Å². The molecule has 1 aromatic carbocycles. The minimum atomic E-state index is -0.977. The molecule has 0 radical (unpaired) electrons. The zero-order valence-electron chi connectivity index (χ0n) is 13.9. The Bertz CT molecular complexity index is 524. The molecule has 2 rings (SSSR count). The van der Waals surface area contributed by atoms with Crippen molar-refractivity contribution in [1.82, 2.24) is 9.80 Å². The van der Waals surface area contributed by atoms with Crippen LogP contribution in [0.15, 0.2) is 30.3 Å². The van der Waals surface area contributed by atoms with Crippen molar-refractivity contribution in [3.05, 3.63) is 35.9 Å². The summed E-state index contributed by atoms with van der Waals surface area (Å²) in [6, 6.07) is 10.3. The summed E-state index contributed by atoms with van der Waals surface area (Å²) in [6.07, 6.45) is 3.25. The Morgan fingerprint density at radius 2 is 1.87 bits per heavy atom. The summed E-state index contributed by atoms with van der Waals surface area (Å²) in [4.78, 5) is 26.5. The van der Waals surface area contributed by atoms with Crippen molar-refractivity contribution in [3.8, 4) is 0 Å².